The molecule has 310 valence electrons. The van der Waals surface area contributed by atoms with Crippen LogP contribution in [0.15, 0.2) is 139 Å². The van der Waals surface area contributed by atoms with E-state index in [1.807, 2.05) is 0 Å². The van der Waals surface area contributed by atoms with E-state index in [9.17, 15) is 0 Å². The summed E-state index contributed by atoms with van der Waals surface area (Å²) in [6.45, 7) is 27.6. The molecule has 62 heavy (non-hydrogen) atoms. The van der Waals surface area contributed by atoms with Gasteiger partial charge in [-0.3, -0.25) is 0 Å². The molecule has 0 spiro atoms. The van der Waals surface area contributed by atoms with Gasteiger partial charge in [0, 0.05) is 45.0 Å². The first-order valence-electron chi connectivity index (χ1n) is 22.6. The van der Waals surface area contributed by atoms with Crippen LogP contribution in [0.25, 0.3) is 33.0 Å². The highest BCUT2D eigenvalue weighted by Gasteiger charge is 2.41. The van der Waals surface area contributed by atoms with Crippen molar-refractivity contribution in [2.75, 3.05) is 9.80 Å². The Kier molecular flexibility index (Phi) is 9.16. The highest BCUT2D eigenvalue weighted by atomic mass is 15.2. The normalized spacial score (nSPS) is 16.6. The van der Waals surface area contributed by atoms with Gasteiger partial charge in [0.05, 0.1) is 0 Å². The highest BCUT2D eigenvalue weighted by molar-refractivity contribution is 6.13. The molecule has 0 radical (unpaired) electrons. The largest absolute Gasteiger partial charge is 0.314 e. The van der Waals surface area contributed by atoms with Gasteiger partial charge in [0.1, 0.15) is 0 Å². The summed E-state index contributed by atoms with van der Waals surface area (Å²) in [5.41, 5.74) is 26.9. The van der Waals surface area contributed by atoms with Crippen LogP contribution in [0.5, 0.6) is 0 Å². The lowest BCUT2D eigenvalue weighted by Crippen LogP contribution is -2.25. The van der Waals surface area contributed by atoms with E-state index in [1.165, 1.54) is 128 Å². The van der Waals surface area contributed by atoms with Gasteiger partial charge in [-0.2, -0.15) is 0 Å². The Bertz CT molecular complexity index is 2980. The van der Waals surface area contributed by atoms with Gasteiger partial charge in [-0.1, -0.05) is 94.8 Å². The summed E-state index contributed by atoms with van der Waals surface area (Å²) in [4.78, 5) is 5.01. The number of hydrogen-bond donors (Lipinski definition) is 0. The van der Waals surface area contributed by atoms with Gasteiger partial charge in [0.15, 0.2) is 0 Å². The Balaban J connectivity index is 1.15. The number of rotatable bonds is 6. The van der Waals surface area contributed by atoms with Gasteiger partial charge in [0.2, 0.25) is 0 Å². The molecule has 0 N–H and O–H groups in total. The summed E-state index contributed by atoms with van der Waals surface area (Å²) < 4.78 is 0. The molecule has 0 aliphatic heterocycles. The number of allylic oxidation sites excluding steroid dienone is 4. The Labute approximate surface area is 370 Å². The van der Waals surface area contributed by atoms with Crippen LogP contribution >= 0.6 is 0 Å². The molecule has 2 nitrogen and oxygen atoms in total. The summed E-state index contributed by atoms with van der Waals surface area (Å²) in [7, 11) is 0. The molecule has 0 amide bonds. The van der Waals surface area contributed by atoms with Crippen LogP contribution in [0.2, 0.25) is 0 Å². The number of benzene rings is 7. The first kappa shape index (κ1) is 40.0. The molecule has 3 aliphatic rings. The van der Waals surface area contributed by atoms with E-state index in [0.29, 0.717) is 5.92 Å². The Morgan fingerprint density at radius 1 is 0.452 bits per heavy atom. The first-order chi connectivity index (χ1) is 29.5. The second kappa shape index (κ2) is 14.2. The smallest absolute Gasteiger partial charge is 0.0466 e. The van der Waals surface area contributed by atoms with E-state index in [0.717, 1.165) is 6.42 Å². The van der Waals surface area contributed by atoms with E-state index in [4.69, 9.17) is 0 Å². The first-order valence-corrected chi connectivity index (χ1v) is 22.6. The second-order valence-corrected chi connectivity index (χ2v) is 20.2. The zero-order chi connectivity index (χ0) is 43.6. The van der Waals surface area contributed by atoms with Crippen molar-refractivity contribution in [3.8, 4) is 22.3 Å². The molecule has 0 saturated heterocycles. The Hall–Kier alpha value is -6.12. The SMILES string of the molecule is CC1=CC(C)CC(N(c2cc(C)cc(C)c2)c2ccc3c(c2)C(C)(C)c2cc4c5c(cccc5c2-3)C(C)(C)c2cc(N(c3cc(C)cc(C)c3)c3cc(C)cc(C)c3)ccc2-4)=C1. The van der Waals surface area contributed by atoms with E-state index >= 15 is 0 Å². The summed E-state index contributed by atoms with van der Waals surface area (Å²) in [5, 5.41) is 2.75. The second-order valence-electron chi connectivity index (χ2n) is 20.2. The number of aryl methyl sites for hydroxylation is 6. The van der Waals surface area contributed by atoms with Crippen molar-refractivity contribution in [1.29, 1.82) is 0 Å². The molecule has 2 heteroatoms. The van der Waals surface area contributed by atoms with Crippen LogP contribution < -0.4 is 9.80 Å². The lowest BCUT2D eigenvalue weighted by molar-refractivity contribution is 0.644. The molecule has 0 bridgehead atoms. The van der Waals surface area contributed by atoms with Crippen LogP contribution in [-0.2, 0) is 10.8 Å². The average molecular weight is 809 g/mol. The summed E-state index contributed by atoms with van der Waals surface area (Å²) in [6.07, 6.45) is 5.81. The topological polar surface area (TPSA) is 6.48 Å². The molecule has 0 aromatic heterocycles. The number of fused-ring (bicyclic) bond motifs is 6. The van der Waals surface area contributed by atoms with Crippen molar-refractivity contribution in [1.82, 2.24) is 0 Å². The molecule has 7 aromatic rings. The van der Waals surface area contributed by atoms with Crippen LogP contribution in [0, 0.1) is 47.5 Å². The molecule has 10 rings (SSSR count). The fourth-order valence-electron chi connectivity index (χ4n) is 11.7. The minimum absolute atomic E-state index is 0.213. The Morgan fingerprint density at radius 3 is 1.48 bits per heavy atom. The van der Waals surface area contributed by atoms with Crippen molar-refractivity contribution in [3.05, 3.63) is 194 Å². The molecule has 0 heterocycles. The van der Waals surface area contributed by atoms with E-state index < -0.39 is 0 Å². The van der Waals surface area contributed by atoms with Crippen LogP contribution in [0.4, 0.5) is 28.4 Å². The van der Waals surface area contributed by atoms with Gasteiger partial charge in [0.25, 0.3) is 0 Å². The predicted molar refractivity (Wildman–Crippen MR) is 266 cm³/mol. The minimum Gasteiger partial charge on any atom is -0.314 e. The van der Waals surface area contributed by atoms with Gasteiger partial charge < -0.3 is 9.80 Å². The van der Waals surface area contributed by atoms with Crippen molar-refractivity contribution in [3.63, 3.8) is 0 Å². The standard InChI is InChI=1S/C60H60N2/c1-35-20-36(2)25-45(24-35)61(46-26-37(3)21-38(4)27-46)43-16-18-49-52-34-56-57(51-14-13-15-53(58(51)52)59(9,10)54(49)32-43)50-19-17-44(33-55(50)60(56,11)12)62(47-28-39(5)22-40(6)29-47)48-30-41(7)23-42(8)31-48/h13-30,32-34,42H,31H2,1-12H3. The molecular weight excluding hydrogens is 749 g/mol. The van der Waals surface area contributed by atoms with Gasteiger partial charge in [-0.25, -0.2) is 0 Å². The lowest BCUT2D eigenvalue weighted by Gasteiger charge is -2.37. The third-order valence-corrected chi connectivity index (χ3v) is 14.1. The third kappa shape index (κ3) is 6.36. The predicted octanol–water partition coefficient (Wildman–Crippen LogP) is 16.8. The van der Waals surface area contributed by atoms with Crippen molar-refractivity contribution in [2.45, 2.75) is 100 Å². The van der Waals surface area contributed by atoms with Crippen molar-refractivity contribution in [2.24, 2.45) is 5.92 Å². The lowest BCUT2D eigenvalue weighted by atomic mass is 9.67. The fraction of sp³-hybridized carbons (Fsp3) is 0.267. The fourth-order valence-corrected chi connectivity index (χ4v) is 11.7. The summed E-state index contributed by atoms with van der Waals surface area (Å²) in [6, 6.07) is 45.1. The monoisotopic (exact) mass is 808 g/mol. The van der Waals surface area contributed by atoms with E-state index in [-0.39, 0.29) is 10.8 Å². The molecular formula is C60H60N2. The van der Waals surface area contributed by atoms with Gasteiger partial charge >= 0.3 is 0 Å². The average Bonchev–Trinajstić information content (AvgIpc) is 3.41. The third-order valence-electron chi connectivity index (χ3n) is 14.1. The molecule has 0 saturated carbocycles. The summed E-state index contributed by atoms with van der Waals surface area (Å²) >= 11 is 0. The maximum Gasteiger partial charge on any atom is 0.0466 e. The Morgan fingerprint density at radius 2 is 0.935 bits per heavy atom. The van der Waals surface area contributed by atoms with Gasteiger partial charge in [-0.05, 0) is 222 Å². The molecule has 3 aliphatic carbocycles. The molecule has 1 atom stereocenters. The van der Waals surface area contributed by atoms with Crippen LogP contribution in [-0.4, -0.2) is 0 Å². The minimum atomic E-state index is -0.229. The molecule has 1 unspecified atom stereocenters. The van der Waals surface area contributed by atoms with Crippen LogP contribution in [0.3, 0.4) is 0 Å². The van der Waals surface area contributed by atoms with E-state index in [2.05, 4.69) is 220 Å². The number of hydrogen-bond acceptors (Lipinski definition) is 2. The maximum atomic E-state index is 2.57. The molecule has 7 aromatic carbocycles. The van der Waals surface area contributed by atoms with Crippen molar-refractivity contribution >= 4 is 39.2 Å². The maximum absolute atomic E-state index is 2.57. The summed E-state index contributed by atoms with van der Waals surface area (Å²) in [5.74, 6) is 0.483. The molecule has 0 fully saturated rings. The van der Waals surface area contributed by atoms with Gasteiger partial charge in [-0.15, -0.1) is 0 Å². The number of anilines is 5. The number of nitrogens with zero attached hydrogens (tertiary/aromatic N) is 2. The van der Waals surface area contributed by atoms with E-state index in [1.54, 1.807) is 0 Å². The quantitative estimate of drug-likeness (QED) is 0.165. The van der Waals surface area contributed by atoms with Crippen LogP contribution in [0.1, 0.15) is 104 Å². The van der Waals surface area contributed by atoms with Crippen molar-refractivity contribution < 1.29 is 0 Å². The zero-order valence-corrected chi connectivity index (χ0v) is 38.8. The highest BCUT2D eigenvalue weighted by Crippen LogP contribution is 2.58. The zero-order valence-electron chi connectivity index (χ0n) is 38.8.